The molecule has 0 aliphatic rings. The number of hydrogen-bond donors (Lipinski definition) is 3. The van der Waals surface area contributed by atoms with Gasteiger partial charge in [0.15, 0.2) is 18.1 Å². The van der Waals surface area contributed by atoms with Gasteiger partial charge in [-0.15, -0.1) is 0 Å². The smallest absolute Gasteiger partial charge is 0.362 e. The minimum atomic E-state index is -1.08. The van der Waals surface area contributed by atoms with Crippen LogP contribution in [0.4, 0.5) is 0 Å². The van der Waals surface area contributed by atoms with Crippen molar-refractivity contribution in [3.63, 3.8) is 0 Å². The molecule has 3 atom stereocenters. The molecule has 0 saturated carbocycles. The number of allylic oxidation sites excluding steroid dienone is 2. The van der Waals surface area contributed by atoms with Crippen LogP contribution < -0.4 is 0 Å². The van der Waals surface area contributed by atoms with E-state index in [4.69, 9.17) is 0 Å². The summed E-state index contributed by atoms with van der Waals surface area (Å²) in [4.78, 5) is 37.8. The molecule has 0 fully saturated rings. The Kier molecular flexibility index (Phi) is 26.2. The summed E-state index contributed by atoms with van der Waals surface area (Å²) in [6.45, 7) is 8.17. The van der Waals surface area contributed by atoms with Gasteiger partial charge in [0.1, 0.15) is 0 Å². The number of nitrogens with zero attached hydrogens (tertiary/aromatic N) is 1. The molecule has 0 bridgehead atoms. The highest BCUT2D eigenvalue weighted by Crippen LogP contribution is 2.34. The summed E-state index contributed by atoms with van der Waals surface area (Å²) < 4.78 is -0.374. The zero-order valence-corrected chi connectivity index (χ0v) is 29.1. The average Bonchev–Trinajstić information content (AvgIpc) is 2.98. The first-order valence-electron chi connectivity index (χ1n) is 18.4. The van der Waals surface area contributed by atoms with Gasteiger partial charge >= 0.3 is 17.9 Å². The summed E-state index contributed by atoms with van der Waals surface area (Å²) in [7, 11) is 0. The fraction of sp³-hybridized carbons (Fsp3) is 0.865. The summed E-state index contributed by atoms with van der Waals surface area (Å²) in [5.74, 6) is -3.25. The highest BCUT2D eigenvalue weighted by Gasteiger charge is 2.56. The molecule has 44 heavy (non-hydrogen) atoms. The number of carboxylic acids is 3. The predicted octanol–water partition coefficient (Wildman–Crippen LogP) is 10.2. The van der Waals surface area contributed by atoms with Crippen LogP contribution in [-0.4, -0.2) is 62.4 Å². The Bertz CT molecular complexity index is 707. The van der Waals surface area contributed by atoms with Gasteiger partial charge in [-0.3, -0.25) is 4.48 Å². The number of unbranched alkanes of at least 4 members (excludes halogenated alkanes) is 16. The number of carboxylic acid groups (broad SMARTS) is 3. The molecule has 0 radical (unpaired) electrons. The molecule has 7 heteroatoms. The Balaban J connectivity index is 4.77. The monoisotopic (exact) mass is 625 g/mol. The molecule has 0 aromatic heterocycles. The maximum absolute atomic E-state index is 12.6. The lowest BCUT2D eigenvalue weighted by atomic mass is 9.91. The SMILES string of the molecule is CCCCCCCCCCC/C=C/CCCCCCCCC[N+](C(CCC)C(=O)O)(C(CCC)C(=O)O)C(CCC)C(=O)O. The Morgan fingerprint density at radius 2 is 0.750 bits per heavy atom. The third kappa shape index (κ3) is 17.0. The molecular weight excluding hydrogens is 554 g/mol. The topological polar surface area (TPSA) is 112 Å². The first-order valence-corrected chi connectivity index (χ1v) is 18.4. The first-order chi connectivity index (χ1) is 21.2. The second kappa shape index (κ2) is 27.4. The van der Waals surface area contributed by atoms with Gasteiger partial charge in [-0.1, -0.05) is 117 Å². The van der Waals surface area contributed by atoms with Crippen molar-refractivity contribution in [2.75, 3.05) is 6.54 Å². The maximum Gasteiger partial charge on any atom is 0.362 e. The molecule has 0 aromatic rings. The van der Waals surface area contributed by atoms with Gasteiger partial charge in [-0.05, 0) is 57.8 Å². The van der Waals surface area contributed by atoms with Crippen molar-refractivity contribution in [2.45, 2.75) is 200 Å². The zero-order valence-electron chi connectivity index (χ0n) is 29.1. The fourth-order valence-corrected chi connectivity index (χ4v) is 6.99. The summed E-state index contributed by atoms with van der Waals surface area (Å²) >= 11 is 0. The van der Waals surface area contributed by atoms with E-state index in [1.807, 2.05) is 20.8 Å². The maximum atomic E-state index is 12.6. The van der Waals surface area contributed by atoms with E-state index >= 15 is 0 Å². The van der Waals surface area contributed by atoms with Crippen LogP contribution in [0.3, 0.4) is 0 Å². The van der Waals surface area contributed by atoms with Crippen molar-refractivity contribution in [3.8, 4) is 0 Å². The minimum Gasteiger partial charge on any atom is -0.477 e. The van der Waals surface area contributed by atoms with Gasteiger partial charge < -0.3 is 15.3 Å². The van der Waals surface area contributed by atoms with E-state index in [9.17, 15) is 29.7 Å². The molecule has 3 N–H and O–H groups in total. The summed E-state index contributed by atoms with van der Waals surface area (Å²) in [6, 6.07) is -3.14. The molecule has 0 aliphatic carbocycles. The number of rotatable bonds is 32. The second-order valence-corrected chi connectivity index (χ2v) is 13.0. The number of hydrogen-bond acceptors (Lipinski definition) is 3. The third-order valence-corrected chi connectivity index (χ3v) is 9.34. The van der Waals surface area contributed by atoms with Crippen molar-refractivity contribution in [2.24, 2.45) is 0 Å². The van der Waals surface area contributed by atoms with E-state index in [0.29, 0.717) is 25.7 Å². The molecule has 0 aliphatic heterocycles. The highest BCUT2D eigenvalue weighted by molar-refractivity contribution is 5.78. The largest absolute Gasteiger partial charge is 0.477 e. The Morgan fingerprint density at radius 3 is 1.05 bits per heavy atom. The zero-order chi connectivity index (χ0) is 33.1. The Morgan fingerprint density at radius 1 is 0.455 bits per heavy atom. The molecule has 258 valence electrons. The first kappa shape index (κ1) is 42.1. The molecule has 7 nitrogen and oxygen atoms in total. The van der Waals surface area contributed by atoms with E-state index in [0.717, 1.165) is 32.1 Å². The fourth-order valence-electron chi connectivity index (χ4n) is 6.99. The number of quaternary nitrogens is 1. The van der Waals surface area contributed by atoms with E-state index in [1.165, 1.54) is 77.0 Å². The van der Waals surface area contributed by atoms with E-state index in [1.54, 1.807) is 0 Å². The van der Waals surface area contributed by atoms with Crippen LogP contribution in [0, 0.1) is 0 Å². The van der Waals surface area contributed by atoms with Crippen molar-refractivity contribution < 1.29 is 34.2 Å². The minimum absolute atomic E-state index is 0.268. The second-order valence-electron chi connectivity index (χ2n) is 13.0. The van der Waals surface area contributed by atoms with Crippen LogP contribution >= 0.6 is 0 Å². The summed E-state index contributed by atoms with van der Waals surface area (Å²) in [6.07, 6.45) is 28.9. The van der Waals surface area contributed by atoms with Crippen molar-refractivity contribution in [3.05, 3.63) is 12.2 Å². The molecule has 3 unspecified atom stereocenters. The number of carbonyl (C=O) groups is 3. The molecule has 0 aromatic carbocycles. The lowest BCUT2D eigenvalue weighted by molar-refractivity contribution is -0.973. The van der Waals surface area contributed by atoms with Crippen LogP contribution in [0.2, 0.25) is 0 Å². The molecule has 0 amide bonds. The van der Waals surface area contributed by atoms with Crippen LogP contribution in [-0.2, 0) is 14.4 Å². The van der Waals surface area contributed by atoms with Gasteiger partial charge in [0.2, 0.25) is 0 Å². The molecule has 0 heterocycles. The normalized spacial score (nSPS) is 15.2. The van der Waals surface area contributed by atoms with Gasteiger partial charge in [0, 0.05) is 19.3 Å². The third-order valence-electron chi connectivity index (χ3n) is 9.34. The van der Waals surface area contributed by atoms with E-state index < -0.39 is 36.0 Å². The van der Waals surface area contributed by atoms with Crippen molar-refractivity contribution in [1.82, 2.24) is 0 Å². The van der Waals surface area contributed by atoms with Crippen LogP contribution in [0.15, 0.2) is 12.2 Å². The molecular formula is C37H70NO6+. The lowest BCUT2D eigenvalue weighted by Crippen LogP contribution is -2.72. The Labute approximate surface area is 270 Å². The van der Waals surface area contributed by atoms with E-state index in [2.05, 4.69) is 19.1 Å². The average molecular weight is 625 g/mol. The highest BCUT2D eigenvalue weighted by atomic mass is 16.4. The lowest BCUT2D eigenvalue weighted by Gasteiger charge is -2.50. The van der Waals surface area contributed by atoms with E-state index in [-0.39, 0.29) is 30.3 Å². The van der Waals surface area contributed by atoms with Gasteiger partial charge in [0.25, 0.3) is 0 Å². The van der Waals surface area contributed by atoms with Crippen LogP contribution in [0.25, 0.3) is 0 Å². The van der Waals surface area contributed by atoms with Gasteiger partial charge in [-0.2, -0.15) is 0 Å². The standard InChI is InChI=1S/C37H69NO6/c1-5-9-10-11-12-13-14-15-16-17-18-19-20-21-22-23-24-25-26-27-31-38(32(28-6-2)35(39)40,33(29-7-3)36(41)42)34(30-8-4)37(43)44/h18-19,32-34H,5-17,20-31H2,1-4H3,(H2-,39,40,41,42,43,44)/p+1/b19-18+. The predicted molar refractivity (Wildman–Crippen MR) is 182 cm³/mol. The molecule has 0 saturated heterocycles. The summed E-state index contributed by atoms with van der Waals surface area (Å²) in [5, 5.41) is 30.9. The molecule has 0 rings (SSSR count). The van der Waals surface area contributed by atoms with Gasteiger partial charge in [-0.25, -0.2) is 14.4 Å². The Hall–Kier alpha value is -1.89. The van der Waals surface area contributed by atoms with Crippen LogP contribution in [0.5, 0.6) is 0 Å². The van der Waals surface area contributed by atoms with Crippen LogP contribution in [0.1, 0.15) is 182 Å². The quantitative estimate of drug-likeness (QED) is 0.0390. The van der Waals surface area contributed by atoms with Crippen molar-refractivity contribution in [1.29, 1.82) is 0 Å². The number of aliphatic carboxylic acids is 3. The summed E-state index contributed by atoms with van der Waals surface area (Å²) in [5.41, 5.74) is 0. The van der Waals surface area contributed by atoms with Crippen molar-refractivity contribution >= 4 is 17.9 Å². The molecule has 0 spiro atoms. The van der Waals surface area contributed by atoms with Gasteiger partial charge in [0.05, 0.1) is 6.54 Å².